The van der Waals surface area contributed by atoms with Crippen molar-refractivity contribution in [2.24, 2.45) is 5.84 Å². The van der Waals surface area contributed by atoms with Gasteiger partial charge in [0, 0.05) is 26.7 Å². The second kappa shape index (κ2) is 9.46. The second-order valence-electron chi connectivity index (χ2n) is 4.96. The summed E-state index contributed by atoms with van der Waals surface area (Å²) >= 11 is 0. The predicted octanol–water partition coefficient (Wildman–Crippen LogP) is 0.221. The van der Waals surface area contributed by atoms with Gasteiger partial charge in [-0.05, 0) is 18.1 Å². The summed E-state index contributed by atoms with van der Waals surface area (Å²) in [6, 6.07) is 7.85. The molecule has 0 radical (unpaired) electrons. The lowest BCUT2D eigenvalue weighted by atomic mass is 9.99. The molecule has 6 nitrogen and oxygen atoms in total. The van der Waals surface area contributed by atoms with Crippen LogP contribution >= 0.6 is 0 Å². The number of ether oxygens (including phenoxy) is 1. The molecule has 21 heavy (non-hydrogen) atoms. The van der Waals surface area contributed by atoms with Gasteiger partial charge in [0.1, 0.15) is 0 Å². The fraction of sp³-hybridized carbons (Fsp3) is 0.533. The highest BCUT2D eigenvalue weighted by molar-refractivity contribution is 5.82. The molecule has 0 heterocycles. The monoisotopic (exact) mass is 295 g/mol. The van der Waals surface area contributed by atoms with Crippen molar-refractivity contribution in [2.75, 3.05) is 33.4 Å². The van der Waals surface area contributed by atoms with Crippen LogP contribution in [0.1, 0.15) is 24.0 Å². The lowest BCUT2D eigenvalue weighted by Gasteiger charge is -2.21. The van der Waals surface area contributed by atoms with Crippen molar-refractivity contribution in [3.05, 3.63) is 35.4 Å². The first-order chi connectivity index (χ1) is 10.1. The number of benzene rings is 1. The number of nitrogens with two attached hydrogens (primary N) is 1. The maximum absolute atomic E-state index is 11.5. The largest absolute Gasteiger partial charge is 0.395 e. The summed E-state index contributed by atoms with van der Waals surface area (Å²) in [5.41, 5.74) is 4.21. The lowest BCUT2D eigenvalue weighted by molar-refractivity contribution is -0.122. The molecule has 0 saturated heterocycles. The minimum atomic E-state index is -0.272. The fourth-order valence-electron chi connectivity index (χ4n) is 2.08. The van der Waals surface area contributed by atoms with Crippen LogP contribution in [0.4, 0.5) is 0 Å². The number of amides is 1. The Morgan fingerprint density at radius 2 is 2.05 bits per heavy atom. The molecule has 1 unspecified atom stereocenters. The molecule has 1 atom stereocenters. The highest BCUT2D eigenvalue weighted by Gasteiger charge is 2.13. The van der Waals surface area contributed by atoms with Crippen LogP contribution in [0, 0.1) is 0 Å². The van der Waals surface area contributed by atoms with Gasteiger partial charge >= 0.3 is 0 Å². The van der Waals surface area contributed by atoms with E-state index in [9.17, 15) is 4.79 Å². The molecule has 0 aliphatic heterocycles. The zero-order chi connectivity index (χ0) is 15.7. The predicted molar refractivity (Wildman–Crippen MR) is 81.4 cm³/mol. The number of rotatable bonds is 9. The Balaban J connectivity index is 2.65. The highest BCUT2D eigenvalue weighted by atomic mass is 16.5. The number of nitrogens with one attached hydrogen (secondary N) is 1. The zero-order valence-electron chi connectivity index (χ0n) is 12.7. The van der Waals surface area contributed by atoms with E-state index >= 15 is 0 Å². The number of hydrazine groups is 1. The molecular formula is C15H25N3O3. The van der Waals surface area contributed by atoms with E-state index in [4.69, 9.17) is 15.7 Å². The maximum Gasteiger partial charge on any atom is 0.241 e. The van der Waals surface area contributed by atoms with Crippen LogP contribution in [0.5, 0.6) is 0 Å². The second-order valence-corrected chi connectivity index (χ2v) is 4.96. The SMILES string of the molecule is COCCN(CCO)Cc1ccc(C(C)C(=O)NN)cc1. The minimum Gasteiger partial charge on any atom is -0.395 e. The molecule has 1 rings (SSSR count). The van der Waals surface area contributed by atoms with Crippen LogP contribution in [0.15, 0.2) is 24.3 Å². The molecule has 1 aromatic rings. The summed E-state index contributed by atoms with van der Waals surface area (Å²) in [5, 5.41) is 9.08. The Kier molecular flexibility index (Phi) is 7.92. The van der Waals surface area contributed by atoms with Crippen molar-refractivity contribution in [3.8, 4) is 0 Å². The number of hydrogen-bond acceptors (Lipinski definition) is 5. The summed E-state index contributed by atoms with van der Waals surface area (Å²) < 4.78 is 5.07. The average molecular weight is 295 g/mol. The summed E-state index contributed by atoms with van der Waals surface area (Å²) in [7, 11) is 1.66. The van der Waals surface area contributed by atoms with Gasteiger partial charge in [-0.2, -0.15) is 0 Å². The Bertz CT molecular complexity index is 423. The highest BCUT2D eigenvalue weighted by Crippen LogP contribution is 2.16. The number of hydrogen-bond donors (Lipinski definition) is 3. The summed E-state index contributed by atoms with van der Waals surface area (Å²) in [5.74, 6) is 4.67. The third-order valence-corrected chi connectivity index (χ3v) is 3.45. The van der Waals surface area contributed by atoms with Crippen molar-refractivity contribution in [2.45, 2.75) is 19.4 Å². The van der Waals surface area contributed by atoms with E-state index in [2.05, 4.69) is 10.3 Å². The van der Waals surface area contributed by atoms with Crippen LogP contribution in [-0.4, -0.2) is 49.3 Å². The molecule has 0 saturated carbocycles. The first-order valence-electron chi connectivity index (χ1n) is 7.03. The van der Waals surface area contributed by atoms with E-state index in [0.717, 1.165) is 24.2 Å². The molecule has 118 valence electrons. The van der Waals surface area contributed by atoms with Gasteiger partial charge < -0.3 is 9.84 Å². The molecule has 0 aromatic heterocycles. The standard InChI is InChI=1S/C15H25N3O3/c1-12(15(20)17-16)14-5-3-13(4-6-14)11-18(7-9-19)8-10-21-2/h3-6,12,19H,7-11,16H2,1-2H3,(H,17,20). The molecular weight excluding hydrogens is 270 g/mol. The van der Waals surface area contributed by atoms with E-state index in [1.54, 1.807) is 7.11 Å². The first-order valence-corrected chi connectivity index (χ1v) is 7.03. The van der Waals surface area contributed by atoms with Crippen molar-refractivity contribution >= 4 is 5.91 Å². The fourth-order valence-corrected chi connectivity index (χ4v) is 2.08. The molecule has 0 spiro atoms. The molecule has 1 amide bonds. The number of aliphatic hydroxyl groups excluding tert-OH is 1. The van der Waals surface area contributed by atoms with Crippen molar-refractivity contribution < 1.29 is 14.6 Å². The van der Waals surface area contributed by atoms with Gasteiger partial charge in [0.05, 0.1) is 19.1 Å². The molecule has 1 aromatic carbocycles. The van der Waals surface area contributed by atoms with Gasteiger partial charge in [0.15, 0.2) is 0 Å². The van der Waals surface area contributed by atoms with E-state index in [1.807, 2.05) is 31.2 Å². The summed E-state index contributed by atoms with van der Waals surface area (Å²) in [4.78, 5) is 13.6. The van der Waals surface area contributed by atoms with E-state index in [0.29, 0.717) is 13.2 Å². The number of carbonyl (C=O) groups excluding carboxylic acids is 1. The third kappa shape index (κ3) is 5.81. The zero-order valence-corrected chi connectivity index (χ0v) is 12.7. The number of carbonyl (C=O) groups is 1. The molecule has 0 aliphatic carbocycles. The lowest BCUT2D eigenvalue weighted by Crippen LogP contribution is -2.33. The normalized spacial score (nSPS) is 12.4. The summed E-state index contributed by atoms with van der Waals surface area (Å²) in [6.45, 7) is 4.68. The molecule has 0 fully saturated rings. The van der Waals surface area contributed by atoms with Gasteiger partial charge in [-0.3, -0.25) is 15.1 Å². The smallest absolute Gasteiger partial charge is 0.241 e. The Labute approximate surface area is 125 Å². The Morgan fingerprint density at radius 3 is 2.57 bits per heavy atom. The van der Waals surface area contributed by atoms with E-state index in [1.165, 1.54) is 0 Å². The van der Waals surface area contributed by atoms with Gasteiger partial charge in [0.2, 0.25) is 5.91 Å². The van der Waals surface area contributed by atoms with Crippen LogP contribution < -0.4 is 11.3 Å². The molecule has 0 bridgehead atoms. The first kappa shape index (κ1) is 17.6. The van der Waals surface area contributed by atoms with Crippen molar-refractivity contribution in [1.82, 2.24) is 10.3 Å². The maximum atomic E-state index is 11.5. The van der Waals surface area contributed by atoms with Crippen LogP contribution in [0.25, 0.3) is 0 Å². The third-order valence-electron chi connectivity index (χ3n) is 3.45. The average Bonchev–Trinajstić information content (AvgIpc) is 2.52. The number of methoxy groups -OCH3 is 1. The quantitative estimate of drug-likeness (QED) is 0.345. The van der Waals surface area contributed by atoms with E-state index < -0.39 is 0 Å². The summed E-state index contributed by atoms with van der Waals surface area (Å²) in [6.07, 6.45) is 0. The van der Waals surface area contributed by atoms with Crippen LogP contribution in [-0.2, 0) is 16.1 Å². The van der Waals surface area contributed by atoms with Gasteiger partial charge in [0.25, 0.3) is 0 Å². The Hall–Kier alpha value is -1.47. The van der Waals surface area contributed by atoms with Crippen molar-refractivity contribution in [1.29, 1.82) is 0 Å². The van der Waals surface area contributed by atoms with Gasteiger partial charge in [-0.25, -0.2) is 5.84 Å². The molecule has 0 aliphatic rings. The topological polar surface area (TPSA) is 87.8 Å². The minimum absolute atomic E-state index is 0.121. The molecule has 6 heteroatoms. The van der Waals surface area contributed by atoms with Gasteiger partial charge in [-0.15, -0.1) is 0 Å². The molecule has 4 N–H and O–H groups in total. The number of nitrogens with zero attached hydrogens (tertiary/aromatic N) is 1. The van der Waals surface area contributed by atoms with Crippen molar-refractivity contribution in [3.63, 3.8) is 0 Å². The van der Waals surface area contributed by atoms with E-state index in [-0.39, 0.29) is 18.4 Å². The van der Waals surface area contributed by atoms with Crippen LogP contribution in [0.2, 0.25) is 0 Å². The van der Waals surface area contributed by atoms with Crippen LogP contribution in [0.3, 0.4) is 0 Å². The Morgan fingerprint density at radius 1 is 1.38 bits per heavy atom. The number of aliphatic hydroxyl groups is 1. The van der Waals surface area contributed by atoms with Gasteiger partial charge in [-0.1, -0.05) is 24.3 Å².